The number of carbonyl (C=O) groups excluding carboxylic acids is 1. The first-order valence-electron chi connectivity index (χ1n) is 3.76. The largest absolute Gasteiger partial charge is 0.359 e. The van der Waals surface area contributed by atoms with Crippen LogP contribution in [-0.4, -0.2) is 24.5 Å². The van der Waals surface area contributed by atoms with E-state index in [-0.39, 0.29) is 7.33 Å². The van der Waals surface area contributed by atoms with Crippen LogP contribution in [0, 0.1) is 0 Å². The molecular weight excluding hydrogens is 178 g/mol. The number of hydrogen-bond acceptors (Lipinski definition) is 3. The molecular formula is C7H17NOS2. The van der Waals surface area contributed by atoms with Gasteiger partial charge in [0.15, 0.2) is 0 Å². The van der Waals surface area contributed by atoms with E-state index in [2.05, 4.69) is 12.2 Å². The van der Waals surface area contributed by atoms with Crippen LogP contribution >= 0.6 is 21.6 Å². The Labute approximate surface area is 77.8 Å². The van der Waals surface area contributed by atoms with E-state index >= 15 is 0 Å². The van der Waals surface area contributed by atoms with Crippen LogP contribution in [0.4, 0.5) is 0 Å². The van der Waals surface area contributed by atoms with Crippen molar-refractivity contribution in [2.45, 2.75) is 19.8 Å². The SMILES string of the molecule is CCSSCCCC(=O)NC.[HH]. The van der Waals surface area contributed by atoms with Crippen LogP contribution in [0.1, 0.15) is 21.2 Å². The van der Waals surface area contributed by atoms with Crippen LogP contribution in [0.25, 0.3) is 0 Å². The van der Waals surface area contributed by atoms with Gasteiger partial charge in [-0.2, -0.15) is 0 Å². The molecule has 0 heterocycles. The summed E-state index contributed by atoms with van der Waals surface area (Å²) in [6.45, 7) is 2.14. The quantitative estimate of drug-likeness (QED) is 0.520. The van der Waals surface area contributed by atoms with Gasteiger partial charge in [0, 0.05) is 26.4 Å². The molecule has 0 aliphatic rings. The first-order valence-corrected chi connectivity index (χ1v) is 6.25. The molecule has 0 aromatic carbocycles. The summed E-state index contributed by atoms with van der Waals surface area (Å²) in [6, 6.07) is 0. The molecule has 0 atom stereocenters. The van der Waals surface area contributed by atoms with Crippen molar-refractivity contribution in [3.8, 4) is 0 Å². The highest BCUT2D eigenvalue weighted by atomic mass is 33.1. The molecule has 0 radical (unpaired) electrons. The minimum absolute atomic E-state index is 0. The summed E-state index contributed by atoms with van der Waals surface area (Å²) in [5.74, 6) is 2.36. The fourth-order valence-corrected chi connectivity index (χ4v) is 2.31. The van der Waals surface area contributed by atoms with E-state index in [1.54, 1.807) is 7.05 Å². The Balaban J connectivity index is 0. The molecule has 0 saturated carbocycles. The molecule has 0 aliphatic carbocycles. The van der Waals surface area contributed by atoms with Crippen molar-refractivity contribution in [1.29, 1.82) is 0 Å². The van der Waals surface area contributed by atoms with Gasteiger partial charge in [0.05, 0.1) is 0 Å². The van der Waals surface area contributed by atoms with Gasteiger partial charge in [0.25, 0.3) is 0 Å². The maximum atomic E-state index is 10.7. The van der Waals surface area contributed by atoms with Crippen molar-refractivity contribution in [2.24, 2.45) is 0 Å². The summed E-state index contributed by atoms with van der Waals surface area (Å²) in [5, 5.41) is 2.60. The van der Waals surface area contributed by atoms with E-state index in [1.807, 2.05) is 21.6 Å². The van der Waals surface area contributed by atoms with Gasteiger partial charge in [0.2, 0.25) is 5.91 Å². The Morgan fingerprint density at radius 3 is 2.82 bits per heavy atom. The van der Waals surface area contributed by atoms with Crippen molar-refractivity contribution in [3.63, 3.8) is 0 Å². The Bertz CT molecular complexity index is 114. The molecule has 11 heavy (non-hydrogen) atoms. The third kappa shape index (κ3) is 8.07. The summed E-state index contributed by atoms with van der Waals surface area (Å²) in [5.41, 5.74) is 0. The minimum Gasteiger partial charge on any atom is -0.359 e. The summed E-state index contributed by atoms with van der Waals surface area (Å²) < 4.78 is 0. The third-order valence-corrected chi connectivity index (χ3v) is 3.68. The molecule has 0 rings (SSSR count). The molecule has 68 valence electrons. The smallest absolute Gasteiger partial charge is 0.219 e. The monoisotopic (exact) mass is 195 g/mol. The van der Waals surface area contributed by atoms with Crippen LogP contribution in [-0.2, 0) is 4.79 Å². The lowest BCUT2D eigenvalue weighted by Crippen LogP contribution is -2.17. The van der Waals surface area contributed by atoms with Crippen molar-refractivity contribution in [1.82, 2.24) is 5.32 Å². The van der Waals surface area contributed by atoms with Crippen LogP contribution in [0.2, 0.25) is 0 Å². The topological polar surface area (TPSA) is 29.1 Å². The molecule has 0 aliphatic heterocycles. The molecule has 0 aromatic heterocycles. The second kappa shape index (κ2) is 8.27. The molecule has 0 spiro atoms. The summed E-state index contributed by atoms with van der Waals surface area (Å²) >= 11 is 0. The van der Waals surface area contributed by atoms with E-state index in [0.29, 0.717) is 6.42 Å². The van der Waals surface area contributed by atoms with Gasteiger partial charge in [-0.05, 0) is 6.42 Å². The summed E-state index contributed by atoms with van der Waals surface area (Å²) in [6.07, 6.45) is 1.64. The Morgan fingerprint density at radius 1 is 1.55 bits per heavy atom. The van der Waals surface area contributed by atoms with Gasteiger partial charge in [-0.25, -0.2) is 0 Å². The number of amides is 1. The normalized spacial score (nSPS) is 9.64. The van der Waals surface area contributed by atoms with Crippen LogP contribution in [0.15, 0.2) is 0 Å². The molecule has 4 heteroatoms. The molecule has 0 bridgehead atoms. The first kappa shape index (κ1) is 11.2. The zero-order chi connectivity index (χ0) is 8.53. The Hall–Kier alpha value is 0.170. The first-order chi connectivity index (χ1) is 5.31. The van der Waals surface area contributed by atoms with Crippen LogP contribution < -0.4 is 5.32 Å². The summed E-state index contributed by atoms with van der Waals surface area (Å²) in [7, 11) is 5.37. The minimum atomic E-state index is 0. The van der Waals surface area contributed by atoms with E-state index in [9.17, 15) is 4.79 Å². The van der Waals surface area contributed by atoms with E-state index in [4.69, 9.17) is 0 Å². The second-order valence-electron chi connectivity index (χ2n) is 2.01. The number of nitrogens with one attached hydrogen (secondary N) is 1. The molecule has 1 N–H and O–H groups in total. The zero-order valence-corrected chi connectivity index (χ0v) is 8.69. The van der Waals surface area contributed by atoms with E-state index in [1.165, 1.54) is 0 Å². The Morgan fingerprint density at radius 2 is 2.27 bits per heavy atom. The van der Waals surface area contributed by atoms with Crippen LogP contribution in [0.3, 0.4) is 0 Å². The maximum Gasteiger partial charge on any atom is 0.219 e. The molecule has 2 nitrogen and oxygen atoms in total. The van der Waals surface area contributed by atoms with Gasteiger partial charge < -0.3 is 5.32 Å². The fourth-order valence-electron chi connectivity index (χ4n) is 0.559. The van der Waals surface area contributed by atoms with E-state index in [0.717, 1.165) is 17.9 Å². The number of carbonyl (C=O) groups is 1. The van der Waals surface area contributed by atoms with Crippen molar-refractivity contribution < 1.29 is 6.22 Å². The predicted octanol–water partition coefficient (Wildman–Crippen LogP) is 2.16. The lowest BCUT2D eigenvalue weighted by molar-refractivity contribution is -0.120. The van der Waals surface area contributed by atoms with Gasteiger partial charge >= 0.3 is 0 Å². The molecule has 0 unspecified atom stereocenters. The highest BCUT2D eigenvalue weighted by molar-refractivity contribution is 8.76. The predicted molar refractivity (Wildman–Crippen MR) is 56.0 cm³/mol. The van der Waals surface area contributed by atoms with Crippen LogP contribution in [0.5, 0.6) is 0 Å². The number of rotatable bonds is 6. The zero-order valence-electron chi connectivity index (χ0n) is 7.05. The molecule has 0 fully saturated rings. The highest BCUT2D eigenvalue weighted by Crippen LogP contribution is 2.21. The lowest BCUT2D eigenvalue weighted by atomic mass is 10.3. The average molecular weight is 195 g/mol. The highest BCUT2D eigenvalue weighted by Gasteiger charge is 1.96. The lowest BCUT2D eigenvalue weighted by Gasteiger charge is -1.98. The molecule has 0 saturated heterocycles. The second-order valence-corrected chi connectivity index (χ2v) is 4.88. The number of hydrogen-bond donors (Lipinski definition) is 1. The van der Waals surface area contributed by atoms with Crippen molar-refractivity contribution >= 4 is 27.5 Å². The van der Waals surface area contributed by atoms with Gasteiger partial charge in [-0.1, -0.05) is 28.5 Å². The standard InChI is InChI=1S/C7H15NOS2.H2/c1-3-10-11-6-4-5-7(9)8-2;/h3-6H2,1-2H3,(H,8,9);1H. The molecule has 0 aromatic rings. The van der Waals surface area contributed by atoms with Gasteiger partial charge in [0.1, 0.15) is 0 Å². The molecule has 1 amide bonds. The Kier molecular flexibility index (Phi) is 8.40. The van der Waals surface area contributed by atoms with Gasteiger partial charge in [-0.3, -0.25) is 4.79 Å². The average Bonchev–Trinajstić information content (AvgIpc) is 2.04. The summed E-state index contributed by atoms with van der Waals surface area (Å²) in [4.78, 5) is 10.7. The van der Waals surface area contributed by atoms with Crippen molar-refractivity contribution in [3.05, 3.63) is 0 Å². The van der Waals surface area contributed by atoms with Crippen molar-refractivity contribution in [2.75, 3.05) is 18.6 Å². The van der Waals surface area contributed by atoms with Gasteiger partial charge in [-0.15, -0.1) is 0 Å². The maximum absolute atomic E-state index is 10.7. The third-order valence-electron chi connectivity index (χ3n) is 1.11. The fraction of sp³-hybridized carbons (Fsp3) is 0.857. The van der Waals surface area contributed by atoms with E-state index < -0.39 is 0 Å².